The fourth-order valence-corrected chi connectivity index (χ4v) is 0.298. The molecule has 0 unspecified atom stereocenters. The molecular formula is C5H11BO2. The first kappa shape index (κ1) is 7.72. The predicted molar refractivity (Wildman–Crippen MR) is 34.2 cm³/mol. The van der Waals surface area contributed by atoms with Crippen molar-refractivity contribution in [1.82, 2.24) is 0 Å². The molecule has 0 aliphatic heterocycles. The second kappa shape index (κ2) is 2.90. The molecule has 2 nitrogen and oxygen atoms in total. The van der Waals surface area contributed by atoms with Gasteiger partial charge in [0.2, 0.25) is 0 Å². The van der Waals surface area contributed by atoms with Crippen LogP contribution in [0.5, 0.6) is 0 Å². The molecule has 0 amide bonds. The van der Waals surface area contributed by atoms with Crippen LogP contribution in [0.25, 0.3) is 0 Å². The summed E-state index contributed by atoms with van der Waals surface area (Å²) in [6, 6.07) is 0. The van der Waals surface area contributed by atoms with E-state index in [1.54, 1.807) is 0 Å². The highest BCUT2D eigenvalue weighted by Gasteiger charge is 2.14. The second-order valence-corrected chi connectivity index (χ2v) is 2.10. The summed E-state index contributed by atoms with van der Waals surface area (Å²) in [5.41, 5.74) is 0.463. The van der Waals surface area contributed by atoms with Gasteiger partial charge in [-0.3, -0.25) is 0 Å². The molecule has 0 rings (SSSR count). The van der Waals surface area contributed by atoms with Gasteiger partial charge in [0.15, 0.2) is 0 Å². The van der Waals surface area contributed by atoms with E-state index in [0.717, 1.165) is 0 Å². The Morgan fingerprint density at radius 2 is 1.88 bits per heavy atom. The normalized spacial score (nSPS) is 9.62. The molecule has 0 bridgehead atoms. The summed E-state index contributed by atoms with van der Waals surface area (Å²) >= 11 is 0. The van der Waals surface area contributed by atoms with Crippen molar-refractivity contribution in [3.63, 3.8) is 0 Å². The lowest BCUT2D eigenvalue weighted by Crippen LogP contribution is -2.18. The Morgan fingerprint density at radius 3 is 1.88 bits per heavy atom. The molecule has 0 radical (unpaired) electrons. The number of hydrogen-bond acceptors (Lipinski definition) is 2. The molecule has 0 heterocycles. The Morgan fingerprint density at radius 1 is 1.50 bits per heavy atom. The van der Waals surface area contributed by atoms with E-state index in [2.05, 4.69) is 6.58 Å². The van der Waals surface area contributed by atoms with Gasteiger partial charge in [0.25, 0.3) is 0 Å². The first-order valence-corrected chi connectivity index (χ1v) is 2.60. The standard InChI is InChI=1S/C5H11BO2/c1-4(2)5(3)6(7)8/h4,7-8H,3H2,1-2H3. The van der Waals surface area contributed by atoms with Crippen LogP contribution in [-0.4, -0.2) is 17.2 Å². The summed E-state index contributed by atoms with van der Waals surface area (Å²) in [5, 5.41) is 16.9. The molecule has 8 heavy (non-hydrogen) atoms. The lowest BCUT2D eigenvalue weighted by atomic mass is 9.74. The molecule has 0 aromatic rings. The molecule has 46 valence electrons. The van der Waals surface area contributed by atoms with E-state index in [0.29, 0.717) is 5.47 Å². The number of rotatable bonds is 2. The summed E-state index contributed by atoms with van der Waals surface area (Å²) < 4.78 is 0. The zero-order chi connectivity index (χ0) is 6.73. The van der Waals surface area contributed by atoms with Crippen molar-refractivity contribution >= 4 is 7.12 Å². The largest absolute Gasteiger partial charge is 0.483 e. The Kier molecular flexibility index (Phi) is 2.80. The van der Waals surface area contributed by atoms with Gasteiger partial charge in [0, 0.05) is 0 Å². The van der Waals surface area contributed by atoms with E-state index in [1.165, 1.54) is 0 Å². The van der Waals surface area contributed by atoms with Gasteiger partial charge in [-0.15, -0.1) is 6.58 Å². The van der Waals surface area contributed by atoms with E-state index < -0.39 is 7.12 Å². The van der Waals surface area contributed by atoms with Crippen LogP contribution in [0.1, 0.15) is 13.8 Å². The maximum absolute atomic E-state index is 8.45. The van der Waals surface area contributed by atoms with Crippen LogP contribution in [-0.2, 0) is 0 Å². The third-order valence-corrected chi connectivity index (χ3v) is 1.07. The summed E-state index contributed by atoms with van der Waals surface area (Å²) in [6.07, 6.45) is 0. The van der Waals surface area contributed by atoms with Gasteiger partial charge >= 0.3 is 7.12 Å². The third kappa shape index (κ3) is 2.14. The summed E-state index contributed by atoms with van der Waals surface area (Å²) in [5.74, 6) is 0.148. The molecule has 0 fully saturated rings. The Balaban J connectivity index is 3.65. The van der Waals surface area contributed by atoms with E-state index in [9.17, 15) is 0 Å². The first-order valence-electron chi connectivity index (χ1n) is 2.60. The number of allylic oxidation sites excluding steroid dienone is 1. The zero-order valence-corrected chi connectivity index (χ0v) is 5.26. The maximum atomic E-state index is 8.45. The van der Waals surface area contributed by atoms with Gasteiger partial charge < -0.3 is 10.0 Å². The van der Waals surface area contributed by atoms with E-state index in [-0.39, 0.29) is 5.92 Å². The minimum Gasteiger partial charge on any atom is -0.423 e. The summed E-state index contributed by atoms with van der Waals surface area (Å²) in [7, 11) is -1.35. The first-order chi connectivity index (χ1) is 3.55. The Bertz CT molecular complexity index is 78.4. The summed E-state index contributed by atoms with van der Waals surface area (Å²) in [6.45, 7) is 7.18. The third-order valence-electron chi connectivity index (χ3n) is 1.07. The minimum atomic E-state index is -1.35. The average Bonchev–Trinajstić information content (AvgIpc) is 1.64. The second-order valence-electron chi connectivity index (χ2n) is 2.10. The molecule has 0 aromatic heterocycles. The van der Waals surface area contributed by atoms with Crippen molar-refractivity contribution in [3.8, 4) is 0 Å². The highest BCUT2D eigenvalue weighted by molar-refractivity contribution is 6.50. The molecule has 2 N–H and O–H groups in total. The molecular weight excluding hydrogens is 103 g/mol. The molecule has 0 saturated heterocycles. The van der Waals surface area contributed by atoms with Crippen LogP contribution >= 0.6 is 0 Å². The van der Waals surface area contributed by atoms with Crippen molar-refractivity contribution in [1.29, 1.82) is 0 Å². The van der Waals surface area contributed by atoms with Crippen molar-refractivity contribution in [2.45, 2.75) is 13.8 Å². The fourth-order valence-electron chi connectivity index (χ4n) is 0.298. The smallest absolute Gasteiger partial charge is 0.423 e. The van der Waals surface area contributed by atoms with Crippen LogP contribution in [0.15, 0.2) is 12.1 Å². The molecule has 0 saturated carbocycles. The van der Waals surface area contributed by atoms with Crippen molar-refractivity contribution in [2.75, 3.05) is 0 Å². The predicted octanol–water partition coefficient (Wildman–Crippen LogP) is 0.211. The highest BCUT2D eigenvalue weighted by atomic mass is 16.4. The van der Waals surface area contributed by atoms with E-state index >= 15 is 0 Å². The molecule has 0 aliphatic carbocycles. The zero-order valence-electron chi connectivity index (χ0n) is 5.26. The molecule has 3 heteroatoms. The maximum Gasteiger partial charge on any atom is 0.483 e. The lowest BCUT2D eigenvalue weighted by Gasteiger charge is -2.05. The van der Waals surface area contributed by atoms with Gasteiger partial charge in [-0.1, -0.05) is 13.8 Å². The van der Waals surface area contributed by atoms with Gasteiger partial charge in [0.05, 0.1) is 0 Å². The van der Waals surface area contributed by atoms with E-state index in [4.69, 9.17) is 10.0 Å². The Labute approximate surface area is 50.0 Å². The van der Waals surface area contributed by atoms with Crippen LogP contribution in [0, 0.1) is 5.92 Å². The quantitative estimate of drug-likeness (QED) is 0.503. The van der Waals surface area contributed by atoms with Gasteiger partial charge in [-0.05, 0) is 11.4 Å². The summed E-state index contributed by atoms with van der Waals surface area (Å²) in [4.78, 5) is 0. The topological polar surface area (TPSA) is 40.5 Å². The molecule has 0 aromatic carbocycles. The van der Waals surface area contributed by atoms with Crippen molar-refractivity contribution < 1.29 is 10.0 Å². The highest BCUT2D eigenvalue weighted by Crippen LogP contribution is 2.05. The van der Waals surface area contributed by atoms with Crippen LogP contribution in [0.2, 0.25) is 0 Å². The molecule has 0 spiro atoms. The van der Waals surface area contributed by atoms with Crippen molar-refractivity contribution in [3.05, 3.63) is 12.1 Å². The van der Waals surface area contributed by atoms with Gasteiger partial charge in [-0.2, -0.15) is 0 Å². The fraction of sp³-hybridized carbons (Fsp3) is 0.600. The lowest BCUT2D eigenvalue weighted by molar-refractivity contribution is 0.412. The van der Waals surface area contributed by atoms with Gasteiger partial charge in [-0.25, -0.2) is 0 Å². The van der Waals surface area contributed by atoms with Gasteiger partial charge in [0.1, 0.15) is 0 Å². The molecule has 0 aliphatic rings. The monoisotopic (exact) mass is 114 g/mol. The van der Waals surface area contributed by atoms with Crippen LogP contribution < -0.4 is 0 Å². The average molecular weight is 114 g/mol. The molecule has 0 atom stereocenters. The number of hydrogen-bond donors (Lipinski definition) is 2. The Hall–Kier alpha value is -0.275. The van der Waals surface area contributed by atoms with Crippen LogP contribution in [0.4, 0.5) is 0 Å². The van der Waals surface area contributed by atoms with Crippen molar-refractivity contribution in [2.24, 2.45) is 5.92 Å². The van der Waals surface area contributed by atoms with Crippen LogP contribution in [0.3, 0.4) is 0 Å². The van der Waals surface area contributed by atoms with E-state index in [1.807, 2.05) is 13.8 Å². The minimum absolute atomic E-state index is 0.148. The SMILES string of the molecule is C=C(B(O)O)C(C)C.